The van der Waals surface area contributed by atoms with Crippen LogP contribution in [0.2, 0.25) is 0 Å². The van der Waals surface area contributed by atoms with Crippen molar-refractivity contribution in [2.45, 2.75) is 24.2 Å². The first-order valence-electron chi connectivity index (χ1n) is 11.3. The Labute approximate surface area is 202 Å². The van der Waals surface area contributed by atoms with Gasteiger partial charge in [0, 0.05) is 47.6 Å². The number of aryl methyl sites for hydroxylation is 1. The Hall–Kier alpha value is -3.21. The Bertz CT molecular complexity index is 1280. The number of halogens is 3. The van der Waals surface area contributed by atoms with Crippen LogP contribution in [0.5, 0.6) is 0 Å². The molecule has 0 spiro atoms. The molecule has 0 amide bonds. The van der Waals surface area contributed by atoms with E-state index in [4.69, 9.17) is 5.73 Å². The van der Waals surface area contributed by atoms with Crippen LogP contribution >= 0.6 is 0 Å². The molecule has 2 atom stereocenters. The van der Waals surface area contributed by atoms with Gasteiger partial charge in [-0.3, -0.25) is 0 Å². The van der Waals surface area contributed by atoms with Gasteiger partial charge in [-0.15, -0.1) is 0 Å². The summed E-state index contributed by atoms with van der Waals surface area (Å²) < 4.78 is 43.4. The van der Waals surface area contributed by atoms with Crippen molar-refractivity contribution in [1.82, 2.24) is 24.8 Å². The van der Waals surface area contributed by atoms with E-state index in [1.54, 1.807) is 29.9 Å². The SMILES string of the molecule is CNC1(CCN(C)C)C=CC(Nc2ncc(C(F)(F)F)c(-c3cn(C)c4ccccc34)n2)=CC1N. The number of likely N-dealkylation sites (N-methyl/N-ethyl adjacent to an activating group) is 1. The van der Waals surface area contributed by atoms with Crippen LogP contribution in [0.25, 0.3) is 22.2 Å². The molecule has 186 valence electrons. The third kappa shape index (κ3) is 4.95. The molecule has 3 aromatic rings. The highest BCUT2D eigenvalue weighted by Crippen LogP contribution is 2.39. The van der Waals surface area contributed by atoms with Crippen molar-refractivity contribution in [2.75, 3.05) is 33.0 Å². The van der Waals surface area contributed by atoms with E-state index < -0.39 is 17.3 Å². The van der Waals surface area contributed by atoms with E-state index in [-0.39, 0.29) is 17.7 Å². The summed E-state index contributed by atoms with van der Waals surface area (Å²) in [4.78, 5) is 10.4. The molecule has 0 bridgehead atoms. The fourth-order valence-corrected chi connectivity index (χ4v) is 4.38. The molecule has 1 aliphatic rings. The first-order valence-corrected chi connectivity index (χ1v) is 11.3. The van der Waals surface area contributed by atoms with Crippen LogP contribution in [0, 0.1) is 0 Å². The minimum Gasteiger partial charge on any atom is -0.350 e. The molecule has 35 heavy (non-hydrogen) atoms. The number of aromatic nitrogens is 3. The molecule has 0 aliphatic heterocycles. The Kier molecular flexibility index (Phi) is 6.72. The van der Waals surface area contributed by atoms with Crippen molar-refractivity contribution in [3.8, 4) is 11.3 Å². The third-order valence-corrected chi connectivity index (χ3v) is 6.45. The lowest BCUT2D eigenvalue weighted by atomic mass is 9.83. The first kappa shape index (κ1) is 24.9. The quantitative estimate of drug-likeness (QED) is 0.473. The Morgan fingerprint density at radius 2 is 1.97 bits per heavy atom. The van der Waals surface area contributed by atoms with Crippen molar-refractivity contribution in [1.29, 1.82) is 0 Å². The molecule has 2 aromatic heterocycles. The van der Waals surface area contributed by atoms with Gasteiger partial charge in [-0.1, -0.05) is 24.3 Å². The highest BCUT2D eigenvalue weighted by Gasteiger charge is 2.37. The minimum absolute atomic E-state index is 0.0642. The van der Waals surface area contributed by atoms with Crippen LogP contribution in [0.1, 0.15) is 12.0 Å². The number of nitrogens with one attached hydrogen (secondary N) is 2. The number of alkyl halides is 3. The van der Waals surface area contributed by atoms with Gasteiger partial charge >= 0.3 is 6.18 Å². The van der Waals surface area contributed by atoms with E-state index in [2.05, 4.69) is 25.5 Å². The van der Waals surface area contributed by atoms with Crippen LogP contribution in [-0.2, 0) is 13.2 Å². The molecular weight excluding hydrogens is 455 g/mol. The van der Waals surface area contributed by atoms with Gasteiger partial charge in [-0.05, 0) is 52.3 Å². The molecule has 2 unspecified atom stereocenters. The van der Waals surface area contributed by atoms with Gasteiger partial charge in [0.2, 0.25) is 5.95 Å². The molecule has 0 radical (unpaired) electrons. The van der Waals surface area contributed by atoms with Crippen molar-refractivity contribution in [3.05, 3.63) is 66.1 Å². The van der Waals surface area contributed by atoms with Crippen molar-refractivity contribution >= 4 is 16.9 Å². The summed E-state index contributed by atoms with van der Waals surface area (Å²) in [6, 6.07) is 6.93. The number of nitrogens with two attached hydrogens (primary N) is 1. The van der Waals surface area contributed by atoms with Crippen LogP contribution in [0.15, 0.2) is 60.6 Å². The van der Waals surface area contributed by atoms with Gasteiger partial charge in [0.15, 0.2) is 0 Å². The number of anilines is 1. The van der Waals surface area contributed by atoms with E-state index in [0.29, 0.717) is 16.6 Å². The Balaban J connectivity index is 1.69. The van der Waals surface area contributed by atoms with Crippen LogP contribution in [0.4, 0.5) is 19.1 Å². The lowest BCUT2D eigenvalue weighted by Crippen LogP contribution is -2.57. The molecule has 0 saturated heterocycles. The van der Waals surface area contributed by atoms with E-state index in [9.17, 15) is 13.2 Å². The first-order chi connectivity index (χ1) is 16.5. The summed E-state index contributed by atoms with van der Waals surface area (Å²) in [6.07, 6.45) is 4.36. The molecule has 1 aliphatic carbocycles. The highest BCUT2D eigenvalue weighted by atomic mass is 19.4. The number of allylic oxidation sites excluding steroid dienone is 1. The Morgan fingerprint density at radius 3 is 2.63 bits per heavy atom. The van der Waals surface area contributed by atoms with Crippen molar-refractivity contribution < 1.29 is 13.2 Å². The van der Waals surface area contributed by atoms with Crippen molar-refractivity contribution in [3.63, 3.8) is 0 Å². The molecule has 4 N–H and O–H groups in total. The fraction of sp³-hybridized carbons (Fsp3) is 0.360. The lowest BCUT2D eigenvalue weighted by molar-refractivity contribution is -0.137. The van der Waals surface area contributed by atoms with E-state index in [0.717, 1.165) is 24.7 Å². The molecular formula is C25H30F3N7. The van der Waals surface area contributed by atoms with E-state index in [1.165, 1.54) is 0 Å². The minimum atomic E-state index is -4.60. The summed E-state index contributed by atoms with van der Waals surface area (Å²) in [5.41, 5.74) is 6.82. The standard InChI is InChI=1S/C25H30F3N7/c1-30-24(11-12-34(2)3)10-9-16(13-21(24)29)32-23-31-14-19(25(26,27)28)22(33-23)18-15-35(4)20-8-6-5-7-17(18)20/h5-10,13-15,21,30H,11-12,29H2,1-4H3,(H,31,32,33). The number of benzene rings is 1. The van der Waals surface area contributed by atoms with Gasteiger partial charge in [-0.25, -0.2) is 9.97 Å². The maximum absolute atomic E-state index is 13.9. The van der Waals surface area contributed by atoms with Gasteiger partial charge in [0.05, 0.1) is 11.2 Å². The highest BCUT2D eigenvalue weighted by molar-refractivity contribution is 5.96. The zero-order valence-corrected chi connectivity index (χ0v) is 20.2. The normalized spacial score (nSPS) is 20.5. The molecule has 1 aromatic carbocycles. The predicted octanol–water partition coefficient (Wildman–Crippen LogP) is 3.76. The number of nitrogens with zero attached hydrogens (tertiary/aromatic N) is 4. The zero-order chi connectivity index (χ0) is 25.4. The average Bonchev–Trinajstić information content (AvgIpc) is 3.15. The number of hydrogen-bond acceptors (Lipinski definition) is 6. The van der Waals surface area contributed by atoms with Crippen LogP contribution < -0.4 is 16.4 Å². The monoisotopic (exact) mass is 485 g/mol. The average molecular weight is 486 g/mol. The maximum atomic E-state index is 13.9. The molecule has 4 rings (SSSR count). The number of fused-ring (bicyclic) bond motifs is 1. The van der Waals surface area contributed by atoms with E-state index >= 15 is 0 Å². The van der Waals surface area contributed by atoms with Crippen LogP contribution in [-0.4, -0.2) is 58.7 Å². The Morgan fingerprint density at radius 1 is 1.23 bits per heavy atom. The molecule has 7 nitrogen and oxygen atoms in total. The van der Waals surface area contributed by atoms with Gasteiger partial charge in [0.25, 0.3) is 0 Å². The maximum Gasteiger partial charge on any atom is 0.419 e. The largest absolute Gasteiger partial charge is 0.419 e. The number of rotatable bonds is 7. The second-order valence-electron chi connectivity index (χ2n) is 9.07. The topological polar surface area (TPSA) is 84.0 Å². The van der Waals surface area contributed by atoms with Crippen LogP contribution in [0.3, 0.4) is 0 Å². The number of hydrogen-bond donors (Lipinski definition) is 3. The van der Waals surface area contributed by atoms with E-state index in [1.807, 2.05) is 51.5 Å². The summed E-state index contributed by atoms with van der Waals surface area (Å²) in [7, 11) is 7.66. The lowest BCUT2D eigenvalue weighted by Gasteiger charge is -2.38. The third-order valence-electron chi connectivity index (χ3n) is 6.45. The predicted molar refractivity (Wildman–Crippen MR) is 133 cm³/mol. The summed E-state index contributed by atoms with van der Waals surface area (Å²) in [6.45, 7) is 0.839. The molecule has 2 heterocycles. The summed E-state index contributed by atoms with van der Waals surface area (Å²) >= 11 is 0. The second-order valence-corrected chi connectivity index (χ2v) is 9.07. The summed E-state index contributed by atoms with van der Waals surface area (Å²) in [5.74, 6) is 0.0642. The second kappa shape index (κ2) is 9.44. The van der Waals surface area contributed by atoms with Gasteiger partial charge in [0.1, 0.15) is 5.56 Å². The molecule has 10 heteroatoms. The number of para-hydroxylation sites is 1. The smallest absolute Gasteiger partial charge is 0.350 e. The molecule has 0 fully saturated rings. The summed E-state index contributed by atoms with van der Waals surface area (Å²) in [5, 5.41) is 7.04. The van der Waals surface area contributed by atoms with Gasteiger partial charge in [-0.2, -0.15) is 13.2 Å². The van der Waals surface area contributed by atoms with Crippen molar-refractivity contribution in [2.24, 2.45) is 12.8 Å². The zero-order valence-electron chi connectivity index (χ0n) is 20.2. The fourth-order valence-electron chi connectivity index (χ4n) is 4.38. The molecule has 0 saturated carbocycles. The van der Waals surface area contributed by atoms with Gasteiger partial charge < -0.3 is 25.8 Å².